The fourth-order valence-electron chi connectivity index (χ4n) is 2.20. The lowest BCUT2D eigenvalue weighted by Crippen LogP contribution is -2.42. The van der Waals surface area contributed by atoms with Crippen LogP contribution in [0.4, 0.5) is 15.8 Å². The molecule has 1 N–H and O–H groups in total. The third kappa shape index (κ3) is 2.54. The van der Waals surface area contributed by atoms with Crippen molar-refractivity contribution in [2.24, 2.45) is 0 Å². The van der Waals surface area contributed by atoms with Crippen molar-refractivity contribution in [3.05, 3.63) is 58.3 Å². The van der Waals surface area contributed by atoms with E-state index >= 15 is 0 Å². The zero-order valence-electron chi connectivity index (χ0n) is 10.8. The van der Waals surface area contributed by atoms with Gasteiger partial charge in [0.05, 0.1) is 15.8 Å². The number of hydrogen-bond donors (Lipinski definition) is 1. The number of anilines is 2. The molecule has 0 radical (unpaired) electrons. The minimum atomic E-state index is -0.518. The smallest absolute Gasteiger partial charge is 0.258 e. The van der Waals surface area contributed by atoms with Crippen LogP contribution in [0.25, 0.3) is 0 Å². The summed E-state index contributed by atoms with van der Waals surface area (Å²) >= 11 is 3.05. The molecule has 6 heteroatoms. The molecule has 0 saturated heterocycles. The van der Waals surface area contributed by atoms with Crippen LogP contribution in [0.5, 0.6) is 0 Å². The van der Waals surface area contributed by atoms with Gasteiger partial charge in [0.2, 0.25) is 5.91 Å². The summed E-state index contributed by atoms with van der Waals surface area (Å²) in [5.74, 6) is -1.21. The molecule has 2 amide bonds. The number of nitrogens with one attached hydrogen (secondary N) is 1. The van der Waals surface area contributed by atoms with E-state index in [4.69, 9.17) is 0 Å². The second-order valence-electron chi connectivity index (χ2n) is 4.59. The topological polar surface area (TPSA) is 49.4 Å². The Hall–Kier alpha value is -2.21. The summed E-state index contributed by atoms with van der Waals surface area (Å²) in [4.78, 5) is 25.6. The zero-order valence-corrected chi connectivity index (χ0v) is 12.4. The number of carbonyl (C=O) groups is 2. The molecule has 0 aromatic heterocycles. The molecule has 0 fully saturated rings. The number of amides is 2. The van der Waals surface area contributed by atoms with Crippen LogP contribution in [0.2, 0.25) is 0 Å². The second-order valence-corrected chi connectivity index (χ2v) is 5.44. The highest BCUT2D eigenvalue weighted by Crippen LogP contribution is 2.30. The molecule has 1 aliphatic rings. The van der Waals surface area contributed by atoms with Gasteiger partial charge >= 0.3 is 0 Å². The number of hydrogen-bond acceptors (Lipinski definition) is 2. The van der Waals surface area contributed by atoms with Crippen molar-refractivity contribution in [1.29, 1.82) is 0 Å². The first-order valence-corrected chi connectivity index (χ1v) is 7.01. The maximum Gasteiger partial charge on any atom is 0.258 e. The van der Waals surface area contributed by atoms with Gasteiger partial charge in [-0.2, -0.15) is 0 Å². The Kier molecular flexibility index (Phi) is 3.47. The molecule has 2 aromatic carbocycles. The van der Waals surface area contributed by atoms with Crippen LogP contribution >= 0.6 is 15.9 Å². The monoisotopic (exact) mass is 348 g/mol. The second kappa shape index (κ2) is 5.29. The molecule has 0 bridgehead atoms. The fourth-order valence-corrected chi connectivity index (χ4v) is 2.45. The van der Waals surface area contributed by atoms with Crippen LogP contribution in [0, 0.1) is 5.82 Å². The molecule has 0 unspecified atom stereocenters. The van der Waals surface area contributed by atoms with Gasteiger partial charge in [0.25, 0.3) is 5.91 Å². The van der Waals surface area contributed by atoms with Gasteiger partial charge in [-0.25, -0.2) is 4.39 Å². The Morgan fingerprint density at radius 3 is 2.76 bits per heavy atom. The van der Waals surface area contributed by atoms with Gasteiger partial charge in [0.15, 0.2) is 0 Å². The molecular formula is C15H10BrFN2O2. The summed E-state index contributed by atoms with van der Waals surface area (Å²) < 4.78 is 13.9. The summed E-state index contributed by atoms with van der Waals surface area (Å²) in [6, 6.07) is 11.1. The first-order valence-electron chi connectivity index (χ1n) is 6.22. The van der Waals surface area contributed by atoms with E-state index in [-0.39, 0.29) is 22.5 Å². The minimum Gasteiger partial charge on any atom is -0.323 e. The van der Waals surface area contributed by atoms with Crippen LogP contribution < -0.4 is 10.2 Å². The predicted molar refractivity (Wildman–Crippen MR) is 80.8 cm³/mol. The summed E-state index contributed by atoms with van der Waals surface area (Å²) in [7, 11) is 0. The molecule has 21 heavy (non-hydrogen) atoms. The molecule has 0 aliphatic carbocycles. The highest BCUT2D eigenvalue weighted by Gasteiger charge is 2.27. The largest absolute Gasteiger partial charge is 0.323 e. The Morgan fingerprint density at radius 2 is 2.00 bits per heavy atom. The van der Waals surface area contributed by atoms with Crippen molar-refractivity contribution >= 4 is 39.1 Å². The van der Waals surface area contributed by atoms with Gasteiger partial charge in [-0.1, -0.05) is 12.1 Å². The molecule has 0 spiro atoms. The van der Waals surface area contributed by atoms with Crippen LogP contribution in [0.3, 0.4) is 0 Å². The summed E-state index contributed by atoms with van der Waals surface area (Å²) in [5, 5.41) is 2.70. The molecule has 2 aromatic rings. The third-order valence-corrected chi connectivity index (χ3v) is 3.83. The van der Waals surface area contributed by atoms with E-state index in [0.717, 1.165) is 6.07 Å². The van der Waals surface area contributed by atoms with E-state index < -0.39 is 11.7 Å². The number of fused-ring (bicyclic) bond motifs is 1. The van der Waals surface area contributed by atoms with Crippen LogP contribution in [-0.4, -0.2) is 18.4 Å². The highest BCUT2D eigenvalue weighted by molar-refractivity contribution is 9.10. The molecule has 106 valence electrons. The average Bonchev–Trinajstić information content (AvgIpc) is 2.48. The van der Waals surface area contributed by atoms with Gasteiger partial charge in [-0.05, 0) is 46.3 Å². The first-order chi connectivity index (χ1) is 10.1. The van der Waals surface area contributed by atoms with E-state index in [0.29, 0.717) is 11.4 Å². The molecule has 0 saturated carbocycles. The third-order valence-electron chi connectivity index (χ3n) is 3.18. The van der Waals surface area contributed by atoms with Gasteiger partial charge in [0, 0.05) is 5.56 Å². The van der Waals surface area contributed by atoms with Gasteiger partial charge in [-0.15, -0.1) is 0 Å². The maximum atomic E-state index is 13.6. The molecule has 1 aliphatic heterocycles. The lowest BCUT2D eigenvalue weighted by Gasteiger charge is -2.29. The van der Waals surface area contributed by atoms with Crippen molar-refractivity contribution in [2.75, 3.05) is 16.8 Å². The standard InChI is InChI=1S/C15H10BrFN2O2/c16-10-6-5-9(7-11(10)17)15(21)19-8-14(20)18-12-3-1-2-4-13(12)19/h1-7H,8H2,(H,18,20). The van der Waals surface area contributed by atoms with E-state index in [1.165, 1.54) is 17.0 Å². The Bertz CT molecular complexity index is 748. The lowest BCUT2D eigenvalue weighted by molar-refractivity contribution is -0.115. The summed E-state index contributed by atoms with van der Waals surface area (Å²) in [6.07, 6.45) is 0. The van der Waals surface area contributed by atoms with Crippen molar-refractivity contribution in [2.45, 2.75) is 0 Å². The Morgan fingerprint density at radius 1 is 1.24 bits per heavy atom. The lowest BCUT2D eigenvalue weighted by atomic mass is 10.1. The molecule has 1 heterocycles. The molecule has 3 rings (SSSR count). The van der Waals surface area contributed by atoms with Crippen LogP contribution in [0.1, 0.15) is 10.4 Å². The van der Waals surface area contributed by atoms with Gasteiger partial charge in [-0.3, -0.25) is 14.5 Å². The Labute approximate surface area is 128 Å². The maximum absolute atomic E-state index is 13.6. The summed E-state index contributed by atoms with van der Waals surface area (Å²) in [6.45, 7) is -0.0898. The predicted octanol–water partition coefficient (Wildman–Crippen LogP) is 3.19. The first kappa shape index (κ1) is 13.8. The van der Waals surface area contributed by atoms with Crippen molar-refractivity contribution in [3.8, 4) is 0 Å². The van der Waals surface area contributed by atoms with E-state index in [9.17, 15) is 14.0 Å². The normalized spacial score (nSPS) is 13.6. The van der Waals surface area contributed by atoms with Crippen LogP contribution in [0.15, 0.2) is 46.9 Å². The van der Waals surface area contributed by atoms with Crippen molar-refractivity contribution in [1.82, 2.24) is 0 Å². The van der Waals surface area contributed by atoms with Crippen molar-refractivity contribution in [3.63, 3.8) is 0 Å². The van der Waals surface area contributed by atoms with Gasteiger partial charge < -0.3 is 5.32 Å². The average molecular weight is 349 g/mol. The van der Waals surface area contributed by atoms with E-state index in [1.807, 2.05) is 0 Å². The number of para-hydroxylation sites is 2. The van der Waals surface area contributed by atoms with Crippen LogP contribution in [-0.2, 0) is 4.79 Å². The van der Waals surface area contributed by atoms with Crippen molar-refractivity contribution < 1.29 is 14.0 Å². The molecular weight excluding hydrogens is 339 g/mol. The zero-order chi connectivity index (χ0) is 15.0. The van der Waals surface area contributed by atoms with E-state index in [2.05, 4.69) is 21.2 Å². The summed E-state index contributed by atoms with van der Waals surface area (Å²) in [5.41, 5.74) is 1.37. The molecule has 4 nitrogen and oxygen atoms in total. The highest BCUT2D eigenvalue weighted by atomic mass is 79.9. The molecule has 0 atom stereocenters. The van der Waals surface area contributed by atoms with Gasteiger partial charge in [0.1, 0.15) is 12.4 Å². The Balaban J connectivity index is 2.01. The number of carbonyl (C=O) groups excluding carboxylic acids is 2. The number of nitrogens with zero attached hydrogens (tertiary/aromatic N) is 1. The minimum absolute atomic E-state index is 0.0898. The number of halogens is 2. The number of benzene rings is 2. The number of rotatable bonds is 1. The SMILES string of the molecule is O=C1CN(C(=O)c2ccc(Br)c(F)c2)c2ccccc2N1. The van der Waals surface area contributed by atoms with E-state index in [1.54, 1.807) is 24.3 Å². The quantitative estimate of drug-likeness (QED) is 0.860. The fraction of sp³-hybridized carbons (Fsp3) is 0.0667.